The minimum Gasteiger partial charge on any atom is -0.471 e. The summed E-state index contributed by atoms with van der Waals surface area (Å²) in [4.78, 5) is 13.4. The fourth-order valence-corrected chi connectivity index (χ4v) is 1.89. The summed E-state index contributed by atoms with van der Waals surface area (Å²) in [6.07, 6.45) is 4.17. The highest BCUT2D eigenvalue weighted by Crippen LogP contribution is 2.16. The Morgan fingerprint density at radius 3 is 3.00 bits per heavy atom. The van der Waals surface area contributed by atoms with E-state index >= 15 is 0 Å². The number of aryl methyl sites for hydroxylation is 1. The molecule has 1 fully saturated rings. The number of nitrogens with zero attached hydrogens (tertiary/aromatic N) is 3. The minimum absolute atomic E-state index is 0.0104. The van der Waals surface area contributed by atoms with E-state index in [4.69, 9.17) is 4.74 Å². The first kappa shape index (κ1) is 12.5. The Kier molecular flexibility index (Phi) is 3.92. The van der Waals surface area contributed by atoms with Crippen LogP contribution in [0.4, 0.5) is 0 Å². The largest absolute Gasteiger partial charge is 0.471 e. The van der Waals surface area contributed by atoms with Gasteiger partial charge in [-0.15, -0.1) is 5.10 Å². The van der Waals surface area contributed by atoms with Gasteiger partial charge in [0.25, 0.3) is 0 Å². The topological polar surface area (TPSA) is 55.3 Å². The van der Waals surface area contributed by atoms with E-state index in [2.05, 4.69) is 10.2 Å². The number of amides is 1. The predicted molar refractivity (Wildman–Crippen MR) is 67.2 cm³/mol. The van der Waals surface area contributed by atoms with Gasteiger partial charge in [0.05, 0.1) is 12.2 Å². The second kappa shape index (κ2) is 5.62. The zero-order valence-corrected chi connectivity index (χ0v) is 10.7. The van der Waals surface area contributed by atoms with E-state index in [1.807, 2.05) is 19.9 Å². The molecule has 0 aromatic carbocycles. The summed E-state index contributed by atoms with van der Waals surface area (Å²) in [5, 5.41) is 7.90. The van der Waals surface area contributed by atoms with Gasteiger partial charge in [-0.3, -0.25) is 4.79 Å². The van der Waals surface area contributed by atoms with Crippen molar-refractivity contribution in [1.29, 1.82) is 0 Å². The maximum absolute atomic E-state index is 11.6. The van der Waals surface area contributed by atoms with Crippen molar-refractivity contribution in [2.75, 3.05) is 13.1 Å². The number of carbonyl (C=O) groups is 1. The van der Waals surface area contributed by atoms with Crippen LogP contribution in [0.1, 0.15) is 19.0 Å². The smallest absolute Gasteiger partial charge is 0.246 e. The summed E-state index contributed by atoms with van der Waals surface area (Å²) in [6, 6.07) is 3.67. The van der Waals surface area contributed by atoms with Gasteiger partial charge in [0.15, 0.2) is 0 Å². The number of likely N-dealkylation sites (tertiary alicyclic amines) is 1. The summed E-state index contributed by atoms with van der Waals surface area (Å²) < 4.78 is 5.70. The Morgan fingerprint density at radius 2 is 2.33 bits per heavy atom. The van der Waals surface area contributed by atoms with Gasteiger partial charge < -0.3 is 9.64 Å². The maximum atomic E-state index is 11.6. The molecule has 5 nitrogen and oxygen atoms in total. The Bertz CT molecular complexity index is 442. The van der Waals surface area contributed by atoms with Gasteiger partial charge in [-0.2, -0.15) is 5.10 Å². The van der Waals surface area contributed by atoms with Crippen LogP contribution < -0.4 is 4.74 Å². The molecule has 1 amide bonds. The summed E-state index contributed by atoms with van der Waals surface area (Å²) >= 11 is 0. The maximum Gasteiger partial charge on any atom is 0.246 e. The lowest BCUT2D eigenvalue weighted by Crippen LogP contribution is -2.29. The van der Waals surface area contributed by atoms with Crippen LogP contribution in [0, 0.1) is 6.92 Å². The van der Waals surface area contributed by atoms with Crippen LogP contribution in [0.25, 0.3) is 0 Å². The molecule has 18 heavy (non-hydrogen) atoms. The number of carbonyl (C=O) groups excluding carboxylic acids is 1. The van der Waals surface area contributed by atoms with Gasteiger partial charge >= 0.3 is 0 Å². The highest BCUT2D eigenvalue weighted by Gasteiger charge is 2.26. The van der Waals surface area contributed by atoms with Crippen molar-refractivity contribution in [2.45, 2.75) is 26.4 Å². The summed E-state index contributed by atoms with van der Waals surface area (Å²) in [7, 11) is 0. The van der Waals surface area contributed by atoms with Crippen molar-refractivity contribution in [3.63, 3.8) is 0 Å². The molecule has 1 aromatic rings. The van der Waals surface area contributed by atoms with Gasteiger partial charge in [-0.1, -0.05) is 6.08 Å². The van der Waals surface area contributed by atoms with E-state index in [0.29, 0.717) is 12.4 Å². The van der Waals surface area contributed by atoms with Gasteiger partial charge in [0.1, 0.15) is 6.10 Å². The fourth-order valence-electron chi connectivity index (χ4n) is 1.89. The second-order valence-corrected chi connectivity index (χ2v) is 4.33. The van der Waals surface area contributed by atoms with Crippen molar-refractivity contribution in [1.82, 2.24) is 15.1 Å². The Morgan fingerprint density at radius 1 is 1.50 bits per heavy atom. The normalized spacial score (nSPS) is 19.4. The third-order valence-electron chi connectivity index (χ3n) is 2.83. The number of rotatable bonds is 3. The third kappa shape index (κ3) is 3.06. The zero-order chi connectivity index (χ0) is 13.0. The molecule has 0 radical (unpaired) electrons. The zero-order valence-electron chi connectivity index (χ0n) is 10.7. The summed E-state index contributed by atoms with van der Waals surface area (Å²) in [6.45, 7) is 5.06. The monoisotopic (exact) mass is 247 g/mol. The molecule has 96 valence electrons. The first-order valence-electron chi connectivity index (χ1n) is 6.07. The standard InChI is InChI=1S/C13H17N3O2/c1-3-4-13(17)16-8-7-11(9-16)18-12-6-5-10(2)14-15-12/h3-6,11H,7-9H2,1-2H3/b4-3+/t11-/m0/s1. The number of allylic oxidation sites excluding steroid dienone is 1. The van der Waals surface area contributed by atoms with Crippen LogP contribution in [-0.2, 0) is 4.79 Å². The van der Waals surface area contributed by atoms with E-state index in [9.17, 15) is 4.79 Å². The molecule has 2 heterocycles. The second-order valence-electron chi connectivity index (χ2n) is 4.33. The van der Waals surface area contributed by atoms with Gasteiger partial charge in [0.2, 0.25) is 11.8 Å². The van der Waals surface area contributed by atoms with Crippen LogP contribution in [0.15, 0.2) is 24.3 Å². The molecular weight excluding hydrogens is 230 g/mol. The average Bonchev–Trinajstić information content (AvgIpc) is 2.81. The van der Waals surface area contributed by atoms with E-state index in [0.717, 1.165) is 18.7 Å². The molecule has 2 rings (SSSR count). The third-order valence-corrected chi connectivity index (χ3v) is 2.83. The quantitative estimate of drug-likeness (QED) is 0.756. The Hall–Kier alpha value is -1.91. The van der Waals surface area contributed by atoms with Crippen molar-refractivity contribution in [3.8, 4) is 5.88 Å². The molecule has 5 heteroatoms. The van der Waals surface area contributed by atoms with E-state index in [1.54, 1.807) is 23.1 Å². The highest BCUT2D eigenvalue weighted by atomic mass is 16.5. The number of ether oxygens (including phenoxy) is 1. The first-order valence-corrected chi connectivity index (χ1v) is 6.07. The lowest BCUT2D eigenvalue weighted by Gasteiger charge is -2.14. The highest BCUT2D eigenvalue weighted by molar-refractivity contribution is 5.87. The van der Waals surface area contributed by atoms with Gasteiger partial charge in [0, 0.05) is 19.0 Å². The molecular formula is C13H17N3O2. The Balaban J connectivity index is 1.89. The molecule has 1 aliphatic rings. The van der Waals surface area contributed by atoms with Gasteiger partial charge in [-0.25, -0.2) is 0 Å². The van der Waals surface area contributed by atoms with Crippen molar-refractivity contribution in [3.05, 3.63) is 30.0 Å². The van der Waals surface area contributed by atoms with Crippen molar-refractivity contribution < 1.29 is 9.53 Å². The SMILES string of the molecule is C/C=C/C(=O)N1CC[C@H](Oc2ccc(C)nn2)C1. The first-order chi connectivity index (χ1) is 8.69. The fraction of sp³-hybridized carbons (Fsp3) is 0.462. The van der Waals surface area contributed by atoms with Crippen LogP contribution >= 0.6 is 0 Å². The molecule has 1 saturated heterocycles. The lowest BCUT2D eigenvalue weighted by molar-refractivity contribution is -0.125. The minimum atomic E-state index is 0.0104. The Labute approximate surface area is 106 Å². The molecule has 1 atom stereocenters. The predicted octanol–water partition coefficient (Wildman–Crippen LogP) is 1.34. The van der Waals surface area contributed by atoms with Crippen LogP contribution in [0.3, 0.4) is 0 Å². The molecule has 1 aliphatic heterocycles. The van der Waals surface area contributed by atoms with Crippen molar-refractivity contribution in [2.24, 2.45) is 0 Å². The van der Waals surface area contributed by atoms with E-state index < -0.39 is 0 Å². The van der Waals surface area contributed by atoms with Gasteiger partial charge in [-0.05, 0) is 26.0 Å². The molecule has 0 aliphatic carbocycles. The molecule has 0 bridgehead atoms. The van der Waals surface area contributed by atoms with Crippen LogP contribution in [0.2, 0.25) is 0 Å². The van der Waals surface area contributed by atoms with Crippen molar-refractivity contribution >= 4 is 5.91 Å². The van der Waals surface area contributed by atoms with E-state index in [1.165, 1.54) is 0 Å². The average molecular weight is 247 g/mol. The number of hydrogen-bond donors (Lipinski definition) is 0. The molecule has 1 aromatic heterocycles. The van der Waals surface area contributed by atoms with Crippen LogP contribution in [0.5, 0.6) is 5.88 Å². The van der Waals surface area contributed by atoms with Crippen LogP contribution in [-0.4, -0.2) is 40.2 Å². The van der Waals surface area contributed by atoms with E-state index in [-0.39, 0.29) is 12.0 Å². The summed E-state index contributed by atoms with van der Waals surface area (Å²) in [5.41, 5.74) is 0.860. The summed E-state index contributed by atoms with van der Waals surface area (Å²) in [5.74, 6) is 0.560. The molecule has 0 N–H and O–H groups in total. The number of aromatic nitrogens is 2. The lowest BCUT2D eigenvalue weighted by atomic mass is 10.3. The molecule has 0 spiro atoms. The molecule has 0 saturated carbocycles. The number of hydrogen-bond acceptors (Lipinski definition) is 4. The molecule has 0 unspecified atom stereocenters.